The second-order valence-electron chi connectivity index (χ2n) is 6.91. The van der Waals surface area contributed by atoms with Gasteiger partial charge in [-0.3, -0.25) is 4.79 Å². The second kappa shape index (κ2) is 7.28. The Morgan fingerprint density at radius 3 is 2.39 bits per heavy atom. The molecule has 0 saturated heterocycles. The van der Waals surface area contributed by atoms with Gasteiger partial charge in [0.1, 0.15) is 0 Å². The van der Waals surface area contributed by atoms with Gasteiger partial charge >= 0.3 is 0 Å². The Bertz CT molecular complexity index is 691. The summed E-state index contributed by atoms with van der Waals surface area (Å²) < 4.78 is 0. The molecule has 0 radical (unpaired) electrons. The quantitative estimate of drug-likeness (QED) is 0.820. The summed E-state index contributed by atoms with van der Waals surface area (Å²) in [6.07, 6.45) is 3.43. The Labute approximate surface area is 139 Å². The molecule has 0 aliphatic heterocycles. The van der Waals surface area contributed by atoms with Gasteiger partial charge in [0.25, 0.3) is 0 Å². The predicted octanol–water partition coefficient (Wildman–Crippen LogP) is 4.62. The third-order valence-corrected chi connectivity index (χ3v) is 3.75. The first kappa shape index (κ1) is 17.0. The molecule has 0 saturated carbocycles. The number of hydrogen-bond donors (Lipinski definition) is 1. The summed E-state index contributed by atoms with van der Waals surface area (Å²) in [7, 11) is 0. The number of rotatable bonds is 4. The highest BCUT2D eigenvalue weighted by Crippen LogP contribution is 2.22. The van der Waals surface area contributed by atoms with E-state index in [9.17, 15) is 4.79 Å². The van der Waals surface area contributed by atoms with Gasteiger partial charge in [-0.25, -0.2) is 0 Å². The van der Waals surface area contributed by atoms with Crippen molar-refractivity contribution in [3.8, 4) is 0 Å². The number of nitrogens with one attached hydrogen (secondary N) is 1. The molecule has 23 heavy (non-hydrogen) atoms. The number of benzene rings is 2. The molecule has 0 unspecified atom stereocenters. The summed E-state index contributed by atoms with van der Waals surface area (Å²) in [6, 6.07) is 16.5. The lowest BCUT2D eigenvalue weighted by molar-refractivity contribution is -0.116. The Hall–Kier alpha value is -2.35. The van der Waals surface area contributed by atoms with Gasteiger partial charge in [-0.2, -0.15) is 0 Å². The van der Waals surface area contributed by atoms with Crippen molar-refractivity contribution >= 4 is 12.0 Å². The van der Waals surface area contributed by atoms with E-state index >= 15 is 0 Å². The maximum absolute atomic E-state index is 11.9. The van der Waals surface area contributed by atoms with Gasteiger partial charge in [-0.1, -0.05) is 74.9 Å². The van der Waals surface area contributed by atoms with Gasteiger partial charge in [0.05, 0.1) is 0 Å². The van der Waals surface area contributed by atoms with Gasteiger partial charge in [0.15, 0.2) is 0 Å². The summed E-state index contributed by atoms with van der Waals surface area (Å²) in [5.74, 6) is -0.0774. The van der Waals surface area contributed by atoms with E-state index in [1.54, 1.807) is 6.08 Å². The third kappa shape index (κ3) is 5.41. The van der Waals surface area contributed by atoms with Crippen molar-refractivity contribution < 1.29 is 4.79 Å². The topological polar surface area (TPSA) is 29.1 Å². The molecule has 0 aromatic heterocycles. The van der Waals surface area contributed by atoms with Crippen LogP contribution in [0.4, 0.5) is 0 Å². The number of carbonyl (C=O) groups excluding carboxylic acids is 1. The minimum absolute atomic E-state index is 0.0774. The predicted molar refractivity (Wildman–Crippen MR) is 97.2 cm³/mol. The molecule has 0 heterocycles. The zero-order valence-electron chi connectivity index (χ0n) is 14.4. The van der Waals surface area contributed by atoms with Gasteiger partial charge in [-0.15, -0.1) is 0 Å². The van der Waals surface area contributed by atoms with Crippen LogP contribution in [0, 0.1) is 6.92 Å². The Morgan fingerprint density at radius 2 is 1.78 bits per heavy atom. The lowest BCUT2D eigenvalue weighted by atomic mass is 9.87. The molecule has 2 rings (SSSR count). The SMILES string of the molecule is Cc1cccc(CNC(=O)/C=C/c2ccc(C(C)(C)C)cc2)c1. The molecule has 120 valence electrons. The molecular weight excluding hydrogens is 282 g/mol. The zero-order valence-corrected chi connectivity index (χ0v) is 14.4. The first-order chi connectivity index (χ1) is 10.8. The Morgan fingerprint density at radius 1 is 1.09 bits per heavy atom. The normalized spacial score (nSPS) is 11.7. The largest absolute Gasteiger partial charge is 0.348 e. The summed E-state index contributed by atoms with van der Waals surface area (Å²) in [6.45, 7) is 9.17. The number of aryl methyl sites for hydroxylation is 1. The van der Waals surface area contributed by atoms with E-state index in [0.29, 0.717) is 6.54 Å². The maximum Gasteiger partial charge on any atom is 0.244 e. The number of carbonyl (C=O) groups is 1. The van der Waals surface area contributed by atoms with Crippen molar-refractivity contribution in [2.24, 2.45) is 0 Å². The summed E-state index contributed by atoms with van der Waals surface area (Å²) >= 11 is 0. The van der Waals surface area contributed by atoms with E-state index in [4.69, 9.17) is 0 Å². The molecule has 1 N–H and O–H groups in total. The highest BCUT2D eigenvalue weighted by atomic mass is 16.1. The van der Waals surface area contributed by atoms with Crippen LogP contribution < -0.4 is 5.32 Å². The molecule has 0 aliphatic rings. The van der Waals surface area contributed by atoms with Crippen LogP contribution in [-0.2, 0) is 16.8 Å². The minimum atomic E-state index is -0.0774. The van der Waals surface area contributed by atoms with E-state index in [0.717, 1.165) is 11.1 Å². The fourth-order valence-electron chi connectivity index (χ4n) is 2.34. The van der Waals surface area contributed by atoms with Crippen LogP contribution in [-0.4, -0.2) is 5.91 Å². The molecule has 0 aliphatic carbocycles. The first-order valence-corrected chi connectivity index (χ1v) is 7.96. The van der Waals surface area contributed by atoms with Crippen LogP contribution in [0.1, 0.15) is 43.0 Å². The van der Waals surface area contributed by atoms with Crippen LogP contribution in [0.25, 0.3) is 6.08 Å². The highest BCUT2D eigenvalue weighted by Gasteiger charge is 2.12. The van der Waals surface area contributed by atoms with Crippen molar-refractivity contribution in [3.05, 3.63) is 76.9 Å². The Kier molecular flexibility index (Phi) is 5.38. The molecule has 2 aromatic carbocycles. The van der Waals surface area contributed by atoms with Crippen LogP contribution in [0.15, 0.2) is 54.6 Å². The van der Waals surface area contributed by atoms with Crippen LogP contribution in [0.2, 0.25) is 0 Å². The van der Waals surface area contributed by atoms with Crippen LogP contribution >= 0.6 is 0 Å². The van der Waals surface area contributed by atoms with Crippen molar-refractivity contribution in [1.29, 1.82) is 0 Å². The van der Waals surface area contributed by atoms with E-state index in [2.05, 4.69) is 44.3 Å². The average molecular weight is 307 g/mol. The summed E-state index contributed by atoms with van der Waals surface area (Å²) in [4.78, 5) is 11.9. The summed E-state index contributed by atoms with van der Waals surface area (Å²) in [5.41, 5.74) is 4.78. The van der Waals surface area contributed by atoms with Crippen molar-refractivity contribution in [1.82, 2.24) is 5.32 Å². The molecule has 0 fully saturated rings. The molecule has 0 spiro atoms. The fourth-order valence-corrected chi connectivity index (χ4v) is 2.34. The van der Waals surface area contributed by atoms with Gasteiger partial charge in [0, 0.05) is 12.6 Å². The Balaban J connectivity index is 1.91. The van der Waals surface area contributed by atoms with E-state index < -0.39 is 0 Å². The summed E-state index contributed by atoms with van der Waals surface area (Å²) in [5, 5.41) is 2.91. The van der Waals surface area contributed by atoms with Gasteiger partial charge in [0.2, 0.25) is 5.91 Å². The molecule has 2 nitrogen and oxygen atoms in total. The molecular formula is C21H25NO. The minimum Gasteiger partial charge on any atom is -0.348 e. The molecule has 2 aromatic rings. The van der Waals surface area contributed by atoms with Gasteiger partial charge in [-0.05, 0) is 35.1 Å². The van der Waals surface area contributed by atoms with Crippen molar-refractivity contribution in [2.45, 2.75) is 39.7 Å². The van der Waals surface area contributed by atoms with E-state index in [-0.39, 0.29) is 11.3 Å². The number of hydrogen-bond acceptors (Lipinski definition) is 1. The third-order valence-electron chi connectivity index (χ3n) is 3.75. The van der Waals surface area contributed by atoms with E-state index in [1.807, 2.05) is 43.3 Å². The van der Waals surface area contributed by atoms with Gasteiger partial charge < -0.3 is 5.32 Å². The molecule has 0 atom stereocenters. The van der Waals surface area contributed by atoms with Crippen molar-refractivity contribution in [2.75, 3.05) is 0 Å². The van der Waals surface area contributed by atoms with Crippen LogP contribution in [0.3, 0.4) is 0 Å². The second-order valence-corrected chi connectivity index (χ2v) is 6.91. The first-order valence-electron chi connectivity index (χ1n) is 7.96. The number of amides is 1. The van der Waals surface area contributed by atoms with E-state index in [1.165, 1.54) is 11.1 Å². The van der Waals surface area contributed by atoms with Crippen LogP contribution in [0.5, 0.6) is 0 Å². The molecule has 1 amide bonds. The zero-order chi connectivity index (χ0) is 16.9. The lowest BCUT2D eigenvalue weighted by Gasteiger charge is -2.18. The standard InChI is InChI=1S/C21H25NO/c1-16-6-5-7-18(14-16)15-22-20(23)13-10-17-8-11-19(12-9-17)21(2,3)4/h5-14H,15H2,1-4H3,(H,22,23)/b13-10+. The fraction of sp³-hybridized carbons (Fsp3) is 0.286. The van der Waals surface area contributed by atoms with Crippen molar-refractivity contribution in [3.63, 3.8) is 0 Å². The highest BCUT2D eigenvalue weighted by molar-refractivity contribution is 5.91. The average Bonchev–Trinajstić information content (AvgIpc) is 2.50. The maximum atomic E-state index is 11.9. The molecule has 0 bridgehead atoms. The smallest absolute Gasteiger partial charge is 0.244 e. The lowest BCUT2D eigenvalue weighted by Crippen LogP contribution is -2.20. The monoisotopic (exact) mass is 307 g/mol. The molecule has 2 heteroatoms.